The summed E-state index contributed by atoms with van der Waals surface area (Å²) in [5.74, 6) is -1.43. The van der Waals surface area contributed by atoms with Crippen molar-refractivity contribution < 1.29 is 28.5 Å². The smallest absolute Gasteiger partial charge is 0.344 e. The van der Waals surface area contributed by atoms with Crippen molar-refractivity contribution in [2.24, 2.45) is 0 Å². The molecule has 0 aromatic carbocycles. The lowest BCUT2D eigenvalue weighted by atomic mass is 10.1. The van der Waals surface area contributed by atoms with E-state index in [1.165, 1.54) is 0 Å². The molecule has 25 heavy (non-hydrogen) atoms. The van der Waals surface area contributed by atoms with Crippen LogP contribution in [0.25, 0.3) is 0 Å². The lowest BCUT2D eigenvalue weighted by Crippen LogP contribution is -2.45. The molecular formula is C18H25IO6. The Morgan fingerprint density at radius 3 is 1.80 bits per heavy atom. The molecule has 0 aromatic rings. The van der Waals surface area contributed by atoms with Crippen LogP contribution in [0.2, 0.25) is 0 Å². The summed E-state index contributed by atoms with van der Waals surface area (Å²) in [4.78, 5) is 12.2. The van der Waals surface area contributed by atoms with Crippen LogP contribution in [0.1, 0.15) is 51.4 Å². The van der Waals surface area contributed by atoms with Gasteiger partial charge in [-0.1, -0.05) is 6.58 Å². The zero-order chi connectivity index (χ0) is 17.5. The Bertz CT molecular complexity index is 504. The fourth-order valence-electron chi connectivity index (χ4n) is 4.41. The molecule has 2 saturated heterocycles. The third-order valence-electron chi connectivity index (χ3n) is 5.68. The molecule has 4 fully saturated rings. The lowest BCUT2D eigenvalue weighted by Gasteiger charge is -2.30. The van der Waals surface area contributed by atoms with Crippen LogP contribution in [-0.4, -0.2) is 49.1 Å². The van der Waals surface area contributed by atoms with Crippen LogP contribution in [0.3, 0.4) is 0 Å². The van der Waals surface area contributed by atoms with Gasteiger partial charge in [0.25, 0.3) is 0 Å². The number of carbonyl (C=O) groups excluding carboxylic acids is 1. The van der Waals surface area contributed by atoms with Crippen LogP contribution < -0.4 is 0 Å². The molecular weight excluding hydrogens is 439 g/mol. The molecule has 0 bridgehead atoms. The predicted molar refractivity (Wildman–Crippen MR) is 97.1 cm³/mol. The minimum absolute atomic E-state index is 0.331. The standard InChI is InChI=1S/C18H25IO6/c1-12(19)16(20)23-15(13-10-21-17(24-13)6-2-3-7-17)14-11-22-18(25-14)8-4-5-9-18/h13-15H,1-11H2. The van der Waals surface area contributed by atoms with Gasteiger partial charge in [0.1, 0.15) is 12.2 Å². The Morgan fingerprint density at radius 2 is 1.40 bits per heavy atom. The average molecular weight is 464 g/mol. The van der Waals surface area contributed by atoms with Crippen molar-refractivity contribution in [1.82, 2.24) is 0 Å². The molecule has 2 heterocycles. The van der Waals surface area contributed by atoms with Gasteiger partial charge in [0.2, 0.25) is 0 Å². The van der Waals surface area contributed by atoms with Crippen LogP contribution in [-0.2, 0) is 28.5 Å². The van der Waals surface area contributed by atoms with Gasteiger partial charge in [0, 0.05) is 25.7 Å². The molecule has 2 atom stereocenters. The summed E-state index contributed by atoms with van der Waals surface area (Å²) in [5.41, 5.74) is 0. The van der Waals surface area contributed by atoms with Crippen LogP contribution in [0.4, 0.5) is 0 Å². The highest BCUT2D eigenvalue weighted by molar-refractivity contribution is 14.1. The summed E-state index contributed by atoms with van der Waals surface area (Å²) < 4.78 is 30.5. The second-order valence-electron chi connectivity index (χ2n) is 7.45. The normalized spacial score (nSPS) is 34.0. The van der Waals surface area contributed by atoms with E-state index in [-0.39, 0.29) is 12.2 Å². The molecule has 2 unspecified atom stereocenters. The number of carbonyl (C=O) groups is 1. The maximum absolute atomic E-state index is 12.2. The maximum Gasteiger partial charge on any atom is 0.344 e. The van der Waals surface area contributed by atoms with Crippen LogP contribution >= 0.6 is 22.6 Å². The molecule has 2 aliphatic carbocycles. The molecule has 0 N–H and O–H groups in total. The SMILES string of the molecule is C=C(I)C(=O)OC(C1COC2(CCCC2)O1)C1COC2(CCCC2)O1. The quantitative estimate of drug-likeness (QED) is 0.362. The summed E-state index contributed by atoms with van der Waals surface area (Å²) in [7, 11) is 0. The molecule has 0 radical (unpaired) electrons. The Balaban J connectivity index is 1.48. The van der Waals surface area contributed by atoms with Gasteiger partial charge in [-0.05, 0) is 48.3 Å². The predicted octanol–water partition coefficient (Wildman–Crippen LogP) is 3.22. The van der Waals surface area contributed by atoms with Crippen molar-refractivity contribution in [1.29, 1.82) is 0 Å². The van der Waals surface area contributed by atoms with Crippen LogP contribution in [0.15, 0.2) is 10.2 Å². The average Bonchev–Trinajstić information content (AvgIpc) is 3.38. The second kappa shape index (κ2) is 7.07. The fourth-order valence-corrected chi connectivity index (χ4v) is 4.54. The fraction of sp³-hybridized carbons (Fsp3) is 0.833. The van der Waals surface area contributed by atoms with E-state index >= 15 is 0 Å². The molecule has 4 rings (SSSR count). The van der Waals surface area contributed by atoms with E-state index < -0.39 is 23.6 Å². The van der Waals surface area contributed by atoms with Gasteiger partial charge in [0.05, 0.1) is 16.8 Å². The van der Waals surface area contributed by atoms with Gasteiger partial charge in [-0.3, -0.25) is 0 Å². The van der Waals surface area contributed by atoms with E-state index in [0.29, 0.717) is 16.8 Å². The Labute approximate surface area is 161 Å². The van der Waals surface area contributed by atoms with E-state index in [1.807, 2.05) is 22.6 Å². The molecule has 0 aromatic heterocycles. The first-order chi connectivity index (χ1) is 12.0. The van der Waals surface area contributed by atoms with Gasteiger partial charge in [-0.15, -0.1) is 0 Å². The van der Waals surface area contributed by atoms with Gasteiger partial charge >= 0.3 is 5.97 Å². The first kappa shape index (κ1) is 18.2. The molecule has 2 spiro atoms. The molecule has 4 aliphatic rings. The van der Waals surface area contributed by atoms with E-state index in [2.05, 4.69) is 6.58 Å². The first-order valence-corrected chi connectivity index (χ1v) is 10.3. The highest BCUT2D eigenvalue weighted by Crippen LogP contribution is 2.44. The van der Waals surface area contributed by atoms with Gasteiger partial charge in [-0.2, -0.15) is 0 Å². The van der Waals surface area contributed by atoms with Crippen molar-refractivity contribution in [3.8, 4) is 0 Å². The van der Waals surface area contributed by atoms with E-state index in [9.17, 15) is 4.79 Å². The highest BCUT2D eigenvalue weighted by atomic mass is 127. The minimum Gasteiger partial charge on any atom is -0.453 e. The highest BCUT2D eigenvalue weighted by Gasteiger charge is 2.53. The molecule has 2 saturated carbocycles. The van der Waals surface area contributed by atoms with Gasteiger partial charge in [-0.25, -0.2) is 4.79 Å². The summed E-state index contributed by atoms with van der Waals surface area (Å²) in [6, 6.07) is 0. The second-order valence-corrected chi connectivity index (χ2v) is 8.75. The summed E-state index contributed by atoms with van der Waals surface area (Å²) in [6.45, 7) is 4.50. The minimum atomic E-state index is -0.543. The molecule has 7 heteroatoms. The number of halogens is 1. The van der Waals surface area contributed by atoms with Crippen molar-refractivity contribution in [2.45, 2.75) is 81.3 Å². The lowest BCUT2D eigenvalue weighted by molar-refractivity contribution is -0.205. The number of hydrogen-bond donors (Lipinski definition) is 0. The number of ether oxygens (including phenoxy) is 5. The van der Waals surface area contributed by atoms with Crippen molar-refractivity contribution in [3.05, 3.63) is 10.2 Å². The third kappa shape index (κ3) is 3.63. The zero-order valence-corrected chi connectivity index (χ0v) is 16.5. The zero-order valence-electron chi connectivity index (χ0n) is 14.3. The third-order valence-corrected chi connectivity index (χ3v) is 6.12. The van der Waals surface area contributed by atoms with Crippen molar-refractivity contribution in [3.63, 3.8) is 0 Å². The first-order valence-electron chi connectivity index (χ1n) is 9.20. The number of hydrogen-bond acceptors (Lipinski definition) is 6. The topological polar surface area (TPSA) is 63.2 Å². The Kier molecular flexibility index (Phi) is 5.13. The summed E-state index contributed by atoms with van der Waals surface area (Å²) >= 11 is 1.88. The molecule has 140 valence electrons. The molecule has 6 nitrogen and oxygen atoms in total. The van der Waals surface area contributed by atoms with Gasteiger partial charge in [0.15, 0.2) is 17.7 Å². The van der Waals surface area contributed by atoms with Crippen LogP contribution in [0, 0.1) is 0 Å². The van der Waals surface area contributed by atoms with Crippen molar-refractivity contribution >= 4 is 28.6 Å². The monoisotopic (exact) mass is 464 g/mol. The maximum atomic E-state index is 12.2. The number of esters is 1. The summed E-state index contributed by atoms with van der Waals surface area (Å²) in [5, 5.41) is 0. The van der Waals surface area contributed by atoms with E-state index in [4.69, 9.17) is 23.7 Å². The van der Waals surface area contributed by atoms with E-state index in [0.717, 1.165) is 51.4 Å². The Morgan fingerprint density at radius 1 is 0.960 bits per heavy atom. The van der Waals surface area contributed by atoms with Gasteiger partial charge < -0.3 is 23.7 Å². The largest absolute Gasteiger partial charge is 0.453 e. The van der Waals surface area contributed by atoms with E-state index in [1.54, 1.807) is 0 Å². The molecule has 0 amide bonds. The summed E-state index contributed by atoms with van der Waals surface area (Å²) in [6.07, 6.45) is 6.81. The van der Waals surface area contributed by atoms with Crippen LogP contribution in [0.5, 0.6) is 0 Å². The number of rotatable bonds is 4. The Hall–Kier alpha value is -0.220. The molecule has 2 aliphatic heterocycles. The van der Waals surface area contributed by atoms with Crippen molar-refractivity contribution in [2.75, 3.05) is 13.2 Å².